The van der Waals surface area contributed by atoms with E-state index in [9.17, 15) is 4.39 Å². The summed E-state index contributed by atoms with van der Waals surface area (Å²) in [5.74, 6) is 5.33. The molecule has 18 heavy (non-hydrogen) atoms. The summed E-state index contributed by atoms with van der Waals surface area (Å²) in [4.78, 5) is 0. The summed E-state index contributed by atoms with van der Waals surface area (Å²) in [5.41, 5.74) is 4.75. The van der Waals surface area contributed by atoms with Crippen LogP contribution in [0, 0.1) is 5.82 Å². The van der Waals surface area contributed by atoms with Gasteiger partial charge in [0.25, 0.3) is 0 Å². The Hall–Kier alpha value is -1.23. The molecule has 0 bridgehead atoms. The fourth-order valence-corrected chi connectivity index (χ4v) is 2.44. The third-order valence-corrected chi connectivity index (χ3v) is 3.22. The van der Waals surface area contributed by atoms with Crippen LogP contribution < -0.4 is 11.3 Å². The van der Waals surface area contributed by atoms with Crippen molar-refractivity contribution in [3.63, 3.8) is 0 Å². The van der Waals surface area contributed by atoms with Gasteiger partial charge in [-0.25, -0.2) is 4.39 Å². The zero-order chi connectivity index (χ0) is 13.0. The van der Waals surface area contributed by atoms with Crippen LogP contribution in [0.25, 0.3) is 0 Å². The first-order valence-corrected chi connectivity index (χ1v) is 6.44. The molecule has 0 aromatic heterocycles. The highest BCUT2D eigenvalue weighted by Crippen LogP contribution is 2.21. The van der Waals surface area contributed by atoms with Crippen LogP contribution in [0.2, 0.25) is 0 Å². The van der Waals surface area contributed by atoms with Gasteiger partial charge in [-0.05, 0) is 35.7 Å². The minimum atomic E-state index is -0.247. The van der Waals surface area contributed by atoms with Gasteiger partial charge in [0.05, 0.1) is 0 Å². The van der Waals surface area contributed by atoms with Crippen molar-refractivity contribution < 1.29 is 4.39 Å². The number of halogens is 2. The lowest BCUT2D eigenvalue weighted by molar-refractivity contribution is 0.548. The fraction of sp³-hybridized carbons (Fsp3) is 0.143. The summed E-state index contributed by atoms with van der Waals surface area (Å²) < 4.78 is 14.0. The Morgan fingerprint density at radius 3 is 2.50 bits per heavy atom. The van der Waals surface area contributed by atoms with Crippen LogP contribution >= 0.6 is 15.9 Å². The van der Waals surface area contributed by atoms with E-state index in [1.165, 1.54) is 12.1 Å². The molecule has 0 fully saturated rings. The molecule has 0 radical (unpaired) electrons. The average molecular weight is 309 g/mol. The number of benzene rings is 2. The maximum atomic E-state index is 13.3. The Balaban J connectivity index is 2.20. The van der Waals surface area contributed by atoms with Gasteiger partial charge in [-0.2, -0.15) is 0 Å². The molecule has 0 saturated heterocycles. The largest absolute Gasteiger partial charge is 0.271 e. The minimum absolute atomic E-state index is 0.0279. The lowest BCUT2D eigenvalue weighted by Gasteiger charge is -2.16. The van der Waals surface area contributed by atoms with Gasteiger partial charge in [0, 0.05) is 10.5 Å². The van der Waals surface area contributed by atoms with E-state index in [2.05, 4.69) is 21.4 Å². The van der Waals surface area contributed by atoms with Gasteiger partial charge < -0.3 is 0 Å². The van der Waals surface area contributed by atoms with Crippen LogP contribution in [-0.4, -0.2) is 0 Å². The molecule has 0 aliphatic carbocycles. The van der Waals surface area contributed by atoms with Gasteiger partial charge in [-0.15, -0.1) is 0 Å². The van der Waals surface area contributed by atoms with E-state index < -0.39 is 0 Å². The number of hydrogen-bond donors (Lipinski definition) is 2. The van der Waals surface area contributed by atoms with E-state index in [0.29, 0.717) is 6.42 Å². The van der Waals surface area contributed by atoms with Crippen molar-refractivity contribution in [2.24, 2.45) is 5.84 Å². The van der Waals surface area contributed by atoms with Crippen LogP contribution in [0.5, 0.6) is 0 Å². The molecule has 0 spiro atoms. The van der Waals surface area contributed by atoms with Gasteiger partial charge in [0.2, 0.25) is 0 Å². The van der Waals surface area contributed by atoms with Gasteiger partial charge in [0.15, 0.2) is 0 Å². The van der Waals surface area contributed by atoms with E-state index in [1.54, 1.807) is 0 Å². The van der Waals surface area contributed by atoms with Gasteiger partial charge in [-0.1, -0.05) is 46.3 Å². The monoisotopic (exact) mass is 308 g/mol. The number of hydrazine groups is 1. The Morgan fingerprint density at radius 1 is 1.17 bits per heavy atom. The first-order chi connectivity index (χ1) is 8.69. The van der Waals surface area contributed by atoms with Gasteiger partial charge in [-0.3, -0.25) is 11.3 Å². The molecule has 1 atom stereocenters. The second-order valence-electron chi connectivity index (χ2n) is 4.11. The maximum absolute atomic E-state index is 13.3. The summed E-state index contributed by atoms with van der Waals surface area (Å²) in [7, 11) is 0. The van der Waals surface area contributed by atoms with Crippen molar-refractivity contribution in [3.05, 3.63) is 69.9 Å². The molecule has 0 heterocycles. The Labute approximate surface area is 114 Å². The summed E-state index contributed by atoms with van der Waals surface area (Å²) in [5, 5.41) is 0. The van der Waals surface area contributed by atoms with Crippen LogP contribution in [0.3, 0.4) is 0 Å². The molecule has 0 amide bonds. The molecular formula is C14H14BrFN2. The summed E-state index contributed by atoms with van der Waals surface area (Å²) >= 11 is 3.29. The summed E-state index contributed by atoms with van der Waals surface area (Å²) in [6.07, 6.45) is 0.636. The predicted molar refractivity (Wildman–Crippen MR) is 74.3 cm³/mol. The van der Waals surface area contributed by atoms with Crippen molar-refractivity contribution >= 4 is 15.9 Å². The lowest BCUT2D eigenvalue weighted by Crippen LogP contribution is -2.29. The zero-order valence-electron chi connectivity index (χ0n) is 9.74. The molecule has 0 aliphatic rings. The highest BCUT2D eigenvalue weighted by Gasteiger charge is 2.11. The van der Waals surface area contributed by atoms with E-state index in [0.717, 1.165) is 15.6 Å². The summed E-state index contributed by atoms with van der Waals surface area (Å²) in [6.45, 7) is 0. The normalized spacial score (nSPS) is 12.4. The van der Waals surface area contributed by atoms with Crippen molar-refractivity contribution in [3.8, 4) is 0 Å². The molecule has 1 unspecified atom stereocenters. The number of hydrogen-bond acceptors (Lipinski definition) is 2. The molecule has 2 rings (SSSR count). The average Bonchev–Trinajstić information content (AvgIpc) is 2.36. The van der Waals surface area contributed by atoms with Crippen molar-refractivity contribution in [2.75, 3.05) is 0 Å². The highest BCUT2D eigenvalue weighted by molar-refractivity contribution is 9.10. The molecule has 4 heteroatoms. The maximum Gasteiger partial charge on any atom is 0.124 e. The molecule has 94 valence electrons. The first-order valence-electron chi connectivity index (χ1n) is 5.65. The van der Waals surface area contributed by atoms with E-state index >= 15 is 0 Å². The zero-order valence-corrected chi connectivity index (χ0v) is 11.3. The molecule has 2 nitrogen and oxygen atoms in total. The standard InChI is InChI=1S/C14H14BrFN2/c15-12-6-10(7-13(16)9-12)8-14(18-17)11-4-2-1-3-5-11/h1-7,9,14,18H,8,17H2. The molecular weight excluding hydrogens is 295 g/mol. The third-order valence-electron chi connectivity index (χ3n) is 2.77. The smallest absolute Gasteiger partial charge is 0.124 e. The van der Waals surface area contributed by atoms with Crippen LogP contribution in [-0.2, 0) is 6.42 Å². The van der Waals surface area contributed by atoms with Gasteiger partial charge >= 0.3 is 0 Å². The molecule has 0 saturated carbocycles. The quantitative estimate of drug-likeness (QED) is 0.671. The fourth-order valence-electron chi connectivity index (χ4n) is 1.92. The molecule has 2 aromatic rings. The van der Waals surface area contributed by atoms with Crippen LogP contribution in [0.4, 0.5) is 4.39 Å². The predicted octanol–water partition coefficient (Wildman–Crippen LogP) is 3.34. The Bertz CT molecular complexity index is 496. The Morgan fingerprint density at radius 2 is 1.89 bits per heavy atom. The van der Waals surface area contributed by atoms with E-state index in [1.807, 2.05) is 36.4 Å². The number of nitrogens with two attached hydrogens (primary N) is 1. The van der Waals surface area contributed by atoms with Crippen molar-refractivity contribution in [1.29, 1.82) is 0 Å². The third kappa shape index (κ3) is 3.38. The number of nitrogens with one attached hydrogen (secondary N) is 1. The molecule has 0 aliphatic heterocycles. The first kappa shape index (κ1) is 13.2. The van der Waals surface area contributed by atoms with E-state index in [4.69, 9.17) is 5.84 Å². The molecule has 2 aromatic carbocycles. The Kier molecular flexibility index (Phi) is 4.47. The lowest BCUT2D eigenvalue weighted by atomic mass is 9.99. The second kappa shape index (κ2) is 6.09. The SMILES string of the molecule is NNC(Cc1cc(F)cc(Br)c1)c1ccccc1. The number of rotatable bonds is 4. The minimum Gasteiger partial charge on any atom is -0.271 e. The van der Waals surface area contributed by atoms with Crippen LogP contribution in [0.15, 0.2) is 53.0 Å². The van der Waals surface area contributed by atoms with Crippen molar-refractivity contribution in [2.45, 2.75) is 12.5 Å². The van der Waals surface area contributed by atoms with Gasteiger partial charge in [0.1, 0.15) is 5.82 Å². The highest BCUT2D eigenvalue weighted by atomic mass is 79.9. The molecule has 3 N–H and O–H groups in total. The topological polar surface area (TPSA) is 38.0 Å². The summed E-state index contributed by atoms with van der Waals surface area (Å²) in [6, 6.07) is 14.7. The van der Waals surface area contributed by atoms with Crippen molar-refractivity contribution in [1.82, 2.24) is 5.43 Å². The second-order valence-corrected chi connectivity index (χ2v) is 5.03. The van der Waals surface area contributed by atoms with Crippen LogP contribution in [0.1, 0.15) is 17.2 Å². The van der Waals surface area contributed by atoms with E-state index in [-0.39, 0.29) is 11.9 Å².